The minimum absolute atomic E-state index is 0.0329. The number of benzene rings is 2. The van der Waals surface area contributed by atoms with Crippen molar-refractivity contribution in [3.05, 3.63) is 64.1 Å². The Balaban J connectivity index is 1.38. The summed E-state index contributed by atoms with van der Waals surface area (Å²) in [5.74, 6) is -0.725. The standard InChI is InChI=1S/C21H21FN6O4/c22-14-4-1-5-15(9-14)24-21(30)23-11-13-3-2-8-27(12-13)20(29)19-17-10-16(28(31)32)6-7-18(17)25-26-19/h1,4-7,9-10,13H,2-3,8,11-12H2,(H,25,26)(H2,23,24,30). The molecule has 1 aromatic heterocycles. The first-order chi connectivity index (χ1) is 15.4. The number of amides is 3. The number of non-ortho nitro benzene ring substituents is 1. The molecule has 4 rings (SSSR count). The van der Waals surface area contributed by atoms with Gasteiger partial charge < -0.3 is 15.5 Å². The van der Waals surface area contributed by atoms with Crippen LogP contribution in [0.4, 0.5) is 20.6 Å². The van der Waals surface area contributed by atoms with Gasteiger partial charge in [-0.15, -0.1) is 0 Å². The van der Waals surface area contributed by atoms with Crippen molar-refractivity contribution in [1.29, 1.82) is 0 Å². The Hall–Kier alpha value is -4.02. The van der Waals surface area contributed by atoms with Crippen LogP contribution in [0.5, 0.6) is 0 Å². The molecule has 3 amide bonds. The van der Waals surface area contributed by atoms with Gasteiger partial charge in [-0.1, -0.05) is 6.07 Å². The lowest BCUT2D eigenvalue weighted by Gasteiger charge is -2.32. The van der Waals surface area contributed by atoms with Crippen LogP contribution in [0.2, 0.25) is 0 Å². The van der Waals surface area contributed by atoms with Crippen molar-refractivity contribution in [3.63, 3.8) is 0 Å². The van der Waals surface area contributed by atoms with Crippen molar-refractivity contribution >= 4 is 34.2 Å². The number of likely N-dealkylation sites (tertiary alicyclic amines) is 1. The van der Waals surface area contributed by atoms with Gasteiger partial charge in [0.2, 0.25) is 0 Å². The Bertz CT molecular complexity index is 1180. The number of halogens is 1. The van der Waals surface area contributed by atoms with Crippen molar-refractivity contribution in [3.8, 4) is 0 Å². The van der Waals surface area contributed by atoms with E-state index in [9.17, 15) is 24.1 Å². The molecule has 1 unspecified atom stereocenters. The maximum atomic E-state index is 13.2. The van der Waals surface area contributed by atoms with Crippen LogP contribution >= 0.6 is 0 Å². The third kappa shape index (κ3) is 4.66. The summed E-state index contributed by atoms with van der Waals surface area (Å²) in [6.07, 6.45) is 1.59. The van der Waals surface area contributed by atoms with Crippen LogP contribution in [0.25, 0.3) is 10.9 Å². The molecule has 1 atom stereocenters. The Kier molecular flexibility index (Phi) is 5.97. The normalized spacial score (nSPS) is 16.0. The average Bonchev–Trinajstić information content (AvgIpc) is 3.20. The predicted octanol–water partition coefficient (Wildman–Crippen LogP) is 3.28. The van der Waals surface area contributed by atoms with E-state index in [2.05, 4.69) is 20.8 Å². The van der Waals surface area contributed by atoms with Crippen molar-refractivity contribution in [2.75, 3.05) is 25.0 Å². The Morgan fingerprint density at radius 2 is 2.12 bits per heavy atom. The highest BCUT2D eigenvalue weighted by Gasteiger charge is 2.28. The average molecular weight is 440 g/mol. The number of nitro benzene ring substituents is 1. The number of carbonyl (C=O) groups is 2. The largest absolute Gasteiger partial charge is 0.338 e. The molecule has 2 heterocycles. The number of hydrogen-bond donors (Lipinski definition) is 3. The lowest BCUT2D eigenvalue weighted by atomic mass is 9.97. The van der Waals surface area contributed by atoms with E-state index in [1.54, 1.807) is 11.0 Å². The van der Waals surface area contributed by atoms with Gasteiger partial charge in [-0.05, 0) is 43.0 Å². The number of nitro groups is 1. The van der Waals surface area contributed by atoms with Crippen LogP contribution in [0.1, 0.15) is 23.3 Å². The van der Waals surface area contributed by atoms with Gasteiger partial charge in [-0.25, -0.2) is 9.18 Å². The van der Waals surface area contributed by atoms with E-state index >= 15 is 0 Å². The molecule has 0 radical (unpaired) electrons. The first-order valence-corrected chi connectivity index (χ1v) is 10.1. The SMILES string of the molecule is O=C(NCC1CCCN(C(=O)c2n[nH]c3ccc([N+](=O)[O-])cc23)C1)Nc1cccc(F)c1. The highest BCUT2D eigenvalue weighted by Crippen LogP contribution is 2.25. The molecule has 32 heavy (non-hydrogen) atoms. The predicted molar refractivity (Wildman–Crippen MR) is 115 cm³/mol. The molecule has 1 aliphatic rings. The quantitative estimate of drug-likeness (QED) is 0.414. The van der Waals surface area contributed by atoms with E-state index in [1.807, 2.05) is 0 Å². The lowest BCUT2D eigenvalue weighted by Crippen LogP contribution is -2.44. The Morgan fingerprint density at radius 1 is 1.28 bits per heavy atom. The van der Waals surface area contributed by atoms with Crippen molar-refractivity contribution in [2.24, 2.45) is 5.92 Å². The zero-order valence-corrected chi connectivity index (χ0v) is 17.0. The monoisotopic (exact) mass is 440 g/mol. The number of urea groups is 1. The van der Waals surface area contributed by atoms with E-state index in [-0.39, 0.29) is 23.2 Å². The molecule has 0 aliphatic carbocycles. The van der Waals surface area contributed by atoms with Gasteiger partial charge in [0, 0.05) is 42.8 Å². The van der Waals surface area contributed by atoms with Crippen LogP contribution in [0.15, 0.2) is 42.5 Å². The molecule has 0 bridgehead atoms. The summed E-state index contributed by atoms with van der Waals surface area (Å²) >= 11 is 0. The number of aromatic amines is 1. The smallest absolute Gasteiger partial charge is 0.319 e. The third-order valence-corrected chi connectivity index (χ3v) is 5.40. The number of aromatic nitrogens is 2. The molecule has 166 valence electrons. The molecule has 1 fully saturated rings. The number of fused-ring (bicyclic) bond motifs is 1. The minimum Gasteiger partial charge on any atom is -0.338 e. The number of nitrogens with one attached hydrogen (secondary N) is 3. The number of H-pyrrole nitrogens is 1. The third-order valence-electron chi connectivity index (χ3n) is 5.40. The van der Waals surface area contributed by atoms with Crippen LogP contribution < -0.4 is 10.6 Å². The van der Waals surface area contributed by atoms with Gasteiger partial charge in [-0.2, -0.15) is 5.10 Å². The molecule has 2 aromatic carbocycles. The number of anilines is 1. The van der Waals surface area contributed by atoms with Gasteiger partial charge in [0.05, 0.1) is 10.4 Å². The van der Waals surface area contributed by atoms with E-state index in [4.69, 9.17) is 0 Å². The van der Waals surface area contributed by atoms with Gasteiger partial charge in [0.15, 0.2) is 5.69 Å². The molecule has 0 spiro atoms. The maximum Gasteiger partial charge on any atom is 0.319 e. The van der Waals surface area contributed by atoms with Gasteiger partial charge in [-0.3, -0.25) is 20.0 Å². The summed E-state index contributed by atoms with van der Waals surface area (Å²) in [5.41, 5.74) is 0.921. The maximum absolute atomic E-state index is 13.2. The van der Waals surface area contributed by atoms with Crippen molar-refractivity contribution in [1.82, 2.24) is 20.4 Å². The minimum atomic E-state index is -0.516. The molecule has 10 nitrogen and oxygen atoms in total. The zero-order valence-electron chi connectivity index (χ0n) is 17.0. The summed E-state index contributed by atoms with van der Waals surface area (Å²) in [5, 5.41) is 23.6. The van der Waals surface area contributed by atoms with Crippen molar-refractivity contribution < 1.29 is 18.9 Å². The summed E-state index contributed by atoms with van der Waals surface area (Å²) in [7, 11) is 0. The van der Waals surface area contributed by atoms with Gasteiger partial charge in [0.25, 0.3) is 11.6 Å². The fourth-order valence-corrected chi connectivity index (χ4v) is 3.82. The number of nitrogens with zero attached hydrogens (tertiary/aromatic N) is 3. The summed E-state index contributed by atoms with van der Waals surface area (Å²) < 4.78 is 13.2. The van der Waals surface area contributed by atoms with Crippen molar-refractivity contribution in [2.45, 2.75) is 12.8 Å². The van der Waals surface area contributed by atoms with Crippen LogP contribution in [0, 0.1) is 21.8 Å². The van der Waals surface area contributed by atoms with E-state index in [1.165, 1.54) is 36.4 Å². The molecule has 11 heteroatoms. The van der Waals surface area contributed by atoms with E-state index in [0.717, 1.165) is 12.8 Å². The second kappa shape index (κ2) is 9.00. The molecule has 1 saturated heterocycles. The molecule has 0 saturated carbocycles. The van der Waals surface area contributed by atoms with E-state index < -0.39 is 16.8 Å². The molecule has 1 aliphatic heterocycles. The topological polar surface area (TPSA) is 133 Å². The van der Waals surface area contributed by atoms with Crippen LogP contribution in [-0.4, -0.2) is 51.6 Å². The van der Waals surface area contributed by atoms with Gasteiger partial charge >= 0.3 is 6.03 Å². The number of piperidine rings is 1. The second-order valence-electron chi connectivity index (χ2n) is 7.66. The fourth-order valence-electron chi connectivity index (χ4n) is 3.82. The first-order valence-electron chi connectivity index (χ1n) is 10.1. The Morgan fingerprint density at radius 3 is 2.91 bits per heavy atom. The number of hydrogen-bond acceptors (Lipinski definition) is 5. The fraction of sp³-hybridized carbons (Fsp3) is 0.286. The van der Waals surface area contributed by atoms with Gasteiger partial charge in [0.1, 0.15) is 5.82 Å². The molecular weight excluding hydrogens is 419 g/mol. The summed E-state index contributed by atoms with van der Waals surface area (Å²) in [4.78, 5) is 37.4. The second-order valence-corrected chi connectivity index (χ2v) is 7.66. The lowest BCUT2D eigenvalue weighted by molar-refractivity contribution is -0.384. The number of rotatable bonds is 5. The highest BCUT2D eigenvalue weighted by atomic mass is 19.1. The summed E-state index contributed by atoms with van der Waals surface area (Å²) in [6.45, 7) is 1.30. The molecular formula is C21H21FN6O4. The molecule has 3 N–H and O–H groups in total. The Labute approximate surface area is 181 Å². The van der Waals surface area contributed by atoms with E-state index in [0.29, 0.717) is 36.2 Å². The molecule has 3 aromatic rings. The summed E-state index contributed by atoms with van der Waals surface area (Å²) in [6, 6.07) is 9.36. The first kappa shape index (κ1) is 21.2. The number of carbonyl (C=O) groups excluding carboxylic acids is 2. The highest BCUT2D eigenvalue weighted by molar-refractivity contribution is 6.05. The van der Waals surface area contributed by atoms with Crippen LogP contribution in [-0.2, 0) is 0 Å². The van der Waals surface area contributed by atoms with Crippen LogP contribution in [0.3, 0.4) is 0 Å². The zero-order chi connectivity index (χ0) is 22.7.